The van der Waals surface area contributed by atoms with Crippen molar-refractivity contribution in [3.8, 4) is 5.75 Å². The molecule has 0 unspecified atom stereocenters. The molecule has 0 amide bonds. The van der Waals surface area contributed by atoms with Gasteiger partial charge in [0.25, 0.3) is 0 Å². The van der Waals surface area contributed by atoms with Crippen LogP contribution in [0.25, 0.3) is 0 Å². The van der Waals surface area contributed by atoms with Gasteiger partial charge in [0.1, 0.15) is 11.6 Å². The van der Waals surface area contributed by atoms with Crippen molar-refractivity contribution in [2.75, 3.05) is 14.2 Å². The fourth-order valence-corrected chi connectivity index (χ4v) is 1.68. The molecule has 5 heteroatoms. The average molecular weight is 247 g/mol. The molecule has 0 aliphatic carbocycles. The molecule has 16 heavy (non-hydrogen) atoms. The first-order valence-corrected chi connectivity index (χ1v) is 5.14. The van der Waals surface area contributed by atoms with Crippen LogP contribution >= 0.6 is 11.6 Å². The third-order valence-corrected chi connectivity index (χ3v) is 2.50. The Labute approximate surface area is 98.1 Å². The van der Waals surface area contributed by atoms with Crippen molar-refractivity contribution in [2.45, 2.75) is 12.3 Å². The molecular weight excluding hydrogens is 235 g/mol. The van der Waals surface area contributed by atoms with Gasteiger partial charge in [0.15, 0.2) is 0 Å². The lowest BCUT2D eigenvalue weighted by Gasteiger charge is -2.12. The number of carbonyl (C=O) groups excluding carboxylic acids is 1. The maximum Gasteiger partial charge on any atom is 0.310 e. The molecule has 0 bridgehead atoms. The number of rotatable bonds is 4. The summed E-state index contributed by atoms with van der Waals surface area (Å²) < 4.78 is 23.1. The molecule has 88 valence electrons. The number of halogens is 2. The van der Waals surface area contributed by atoms with E-state index in [0.717, 1.165) is 0 Å². The van der Waals surface area contributed by atoms with Gasteiger partial charge in [-0.25, -0.2) is 4.39 Å². The molecule has 0 aliphatic heterocycles. The third kappa shape index (κ3) is 2.64. The second-order valence-corrected chi connectivity index (χ2v) is 3.36. The van der Waals surface area contributed by atoms with E-state index < -0.39 is 11.8 Å². The van der Waals surface area contributed by atoms with E-state index in [0.29, 0.717) is 11.3 Å². The fraction of sp³-hybridized carbons (Fsp3) is 0.364. The maximum atomic E-state index is 13.5. The number of benzene rings is 1. The van der Waals surface area contributed by atoms with E-state index in [9.17, 15) is 9.18 Å². The molecule has 0 atom stereocenters. The number of alkyl halides is 1. The number of ether oxygens (including phenoxy) is 2. The van der Waals surface area contributed by atoms with Crippen molar-refractivity contribution < 1.29 is 18.7 Å². The van der Waals surface area contributed by atoms with Crippen LogP contribution in [0.4, 0.5) is 4.39 Å². The highest BCUT2D eigenvalue weighted by Gasteiger charge is 2.16. The molecule has 1 aromatic rings. The van der Waals surface area contributed by atoms with Crippen molar-refractivity contribution in [1.29, 1.82) is 0 Å². The van der Waals surface area contributed by atoms with Crippen LogP contribution in [0.5, 0.6) is 5.75 Å². The van der Waals surface area contributed by atoms with E-state index in [1.165, 1.54) is 26.4 Å². The van der Waals surface area contributed by atoms with E-state index in [2.05, 4.69) is 4.74 Å². The number of esters is 1. The Kier molecular flexibility index (Phi) is 4.55. The van der Waals surface area contributed by atoms with Crippen LogP contribution in [-0.4, -0.2) is 20.2 Å². The smallest absolute Gasteiger partial charge is 0.310 e. The topological polar surface area (TPSA) is 35.5 Å². The van der Waals surface area contributed by atoms with E-state index in [1.54, 1.807) is 0 Å². The van der Waals surface area contributed by atoms with Gasteiger partial charge in [0.2, 0.25) is 0 Å². The molecule has 0 fully saturated rings. The minimum Gasteiger partial charge on any atom is -0.496 e. The summed E-state index contributed by atoms with van der Waals surface area (Å²) in [6.07, 6.45) is -0.151. The summed E-state index contributed by atoms with van der Waals surface area (Å²) in [5, 5.41) is 0. The second-order valence-electron chi connectivity index (χ2n) is 3.09. The van der Waals surface area contributed by atoms with E-state index in [-0.39, 0.29) is 17.9 Å². The van der Waals surface area contributed by atoms with Gasteiger partial charge in [-0.15, -0.1) is 11.6 Å². The summed E-state index contributed by atoms with van der Waals surface area (Å²) in [6.45, 7) is 0. The Morgan fingerprint density at radius 2 is 2.06 bits per heavy atom. The van der Waals surface area contributed by atoms with E-state index in [4.69, 9.17) is 16.3 Å². The molecule has 3 nitrogen and oxygen atoms in total. The van der Waals surface area contributed by atoms with Gasteiger partial charge in [-0.05, 0) is 12.1 Å². The van der Waals surface area contributed by atoms with Gasteiger partial charge < -0.3 is 9.47 Å². The lowest BCUT2D eigenvalue weighted by Crippen LogP contribution is -2.09. The summed E-state index contributed by atoms with van der Waals surface area (Å²) in [7, 11) is 2.71. The zero-order chi connectivity index (χ0) is 12.1. The Hall–Kier alpha value is -1.29. The molecule has 0 radical (unpaired) electrons. The number of hydrogen-bond donors (Lipinski definition) is 0. The van der Waals surface area contributed by atoms with Crippen molar-refractivity contribution in [2.24, 2.45) is 0 Å². The molecule has 0 N–H and O–H groups in total. The second kappa shape index (κ2) is 5.70. The highest BCUT2D eigenvalue weighted by molar-refractivity contribution is 6.17. The monoisotopic (exact) mass is 246 g/mol. The zero-order valence-corrected chi connectivity index (χ0v) is 9.81. The summed E-state index contributed by atoms with van der Waals surface area (Å²) in [5.41, 5.74) is 0.704. The minimum absolute atomic E-state index is 0.0766. The lowest BCUT2D eigenvalue weighted by molar-refractivity contribution is -0.139. The Morgan fingerprint density at radius 1 is 1.38 bits per heavy atom. The fourth-order valence-electron chi connectivity index (χ4n) is 1.39. The van der Waals surface area contributed by atoms with E-state index >= 15 is 0 Å². The molecule has 0 spiro atoms. The van der Waals surface area contributed by atoms with Crippen LogP contribution in [0, 0.1) is 5.82 Å². The number of carbonyl (C=O) groups is 1. The molecule has 0 saturated heterocycles. The first-order chi connectivity index (χ1) is 7.63. The molecule has 0 saturated carbocycles. The molecule has 1 aromatic carbocycles. The van der Waals surface area contributed by atoms with E-state index in [1.807, 2.05) is 0 Å². The van der Waals surface area contributed by atoms with Gasteiger partial charge in [0, 0.05) is 11.1 Å². The quantitative estimate of drug-likeness (QED) is 0.604. The highest BCUT2D eigenvalue weighted by atomic mass is 35.5. The Bertz CT molecular complexity index is 393. The van der Waals surface area contributed by atoms with Gasteiger partial charge in [-0.1, -0.05) is 0 Å². The normalized spacial score (nSPS) is 10.0. The van der Waals surface area contributed by atoms with Gasteiger partial charge >= 0.3 is 5.97 Å². The standard InChI is InChI=1S/C11H12ClFO3/c1-15-10-4-3-9(13)7(8(10)6-12)5-11(14)16-2/h3-4H,5-6H2,1-2H3. The number of methoxy groups -OCH3 is 2. The Balaban J connectivity index is 3.17. The summed E-state index contributed by atoms with van der Waals surface area (Å²) in [5.74, 6) is -0.455. The maximum absolute atomic E-state index is 13.5. The van der Waals surface area contributed by atoms with Crippen LogP contribution in [0.3, 0.4) is 0 Å². The molecule has 0 aliphatic rings. The predicted octanol–water partition coefficient (Wildman–Crippen LogP) is 2.29. The van der Waals surface area contributed by atoms with Gasteiger partial charge in [-0.3, -0.25) is 4.79 Å². The van der Waals surface area contributed by atoms with Crippen molar-refractivity contribution >= 4 is 17.6 Å². The first-order valence-electron chi connectivity index (χ1n) is 4.61. The lowest BCUT2D eigenvalue weighted by atomic mass is 10.0. The zero-order valence-electron chi connectivity index (χ0n) is 9.05. The molecule has 0 heterocycles. The molecule has 0 aromatic heterocycles. The summed E-state index contributed by atoms with van der Waals surface area (Å²) in [6, 6.07) is 2.72. The van der Waals surface area contributed by atoms with Crippen molar-refractivity contribution in [3.63, 3.8) is 0 Å². The Morgan fingerprint density at radius 3 is 2.56 bits per heavy atom. The molecular formula is C11H12ClFO3. The molecule has 1 rings (SSSR count). The summed E-state index contributed by atoms with van der Waals surface area (Å²) >= 11 is 5.72. The van der Waals surface area contributed by atoms with Crippen LogP contribution in [0.1, 0.15) is 11.1 Å². The van der Waals surface area contributed by atoms with Crippen LogP contribution in [-0.2, 0) is 21.8 Å². The minimum atomic E-state index is -0.515. The van der Waals surface area contributed by atoms with Crippen molar-refractivity contribution in [1.82, 2.24) is 0 Å². The largest absolute Gasteiger partial charge is 0.496 e. The third-order valence-electron chi connectivity index (χ3n) is 2.23. The van der Waals surface area contributed by atoms with Crippen LogP contribution in [0.15, 0.2) is 12.1 Å². The highest BCUT2D eigenvalue weighted by Crippen LogP contribution is 2.27. The first kappa shape index (κ1) is 12.8. The predicted molar refractivity (Wildman–Crippen MR) is 58.2 cm³/mol. The number of hydrogen-bond acceptors (Lipinski definition) is 3. The average Bonchev–Trinajstić information content (AvgIpc) is 2.31. The van der Waals surface area contributed by atoms with Gasteiger partial charge in [-0.2, -0.15) is 0 Å². The van der Waals surface area contributed by atoms with Crippen LogP contribution in [0.2, 0.25) is 0 Å². The van der Waals surface area contributed by atoms with Gasteiger partial charge in [0.05, 0.1) is 26.5 Å². The van der Waals surface area contributed by atoms with Crippen molar-refractivity contribution in [3.05, 3.63) is 29.1 Å². The van der Waals surface area contributed by atoms with Crippen LogP contribution < -0.4 is 4.74 Å². The SMILES string of the molecule is COC(=O)Cc1c(F)ccc(OC)c1CCl. The summed E-state index contributed by atoms with van der Waals surface area (Å²) in [4.78, 5) is 11.1.